The number of aryl methyl sites for hydroxylation is 1. The molecule has 0 radical (unpaired) electrons. The van der Waals surface area contributed by atoms with E-state index in [9.17, 15) is 4.79 Å². The molecule has 0 spiro atoms. The Morgan fingerprint density at radius 1 is 1.39 bits per heavy atom. The molecule has 0 fully saturated rings. The summed E-state index contributed by atoms with van der Waals surface area (Å²) in [5.41, 5.74) is 0.375. The van der Waals surface area contributed by atoms with E-state index in [0.29, 0.717) is 10.3 Å². The standard InChI is InChI=1S/C13H13BrN2O2/c1-8-6-7-11(18-8)9(2)15-13(17)10-4-3-5-12(14)16-10/h3-7,9H,1-2H3,(H,15,17). The van der Waals surface area contributed by atoms with Crippen LogP contribution in [-0.4, -0.2) is 10.9 Å². The molecule has 94 valence electrons. The van der Waals surface area contributed by atoms with Gasteiger partial charge in [-0.25, -0.2) is 4.98 Å². The van der Waals surface area contributed by atoms with Crippen LogP contribution in [0.3, 0.4) is 0 Å². The third kappa shape index (κ3) is 2.98. The molecule has 4 nitrogen and oxygen atoms in total. The molecule has 2 aromatic heterocycles. The van der Waals surface area contributed by atoms with E-state index in [-0.39, 0.29) is 11.9 Å². The number of nitrogens with zero attached hydrogens (tertiary/aromatic N) is 1. The first-order valence-corrected chi connectivity index (χ1v) is 6.35. The zero-order chi connectivity index (χ0) is 13.1. The molecule has 5 heteroatoms. The lowest BCUT2D eigenvalue weighted by molar-refractivity contribution is 0.0930. The molecule has 0 aromatic carbocycles. The van der Waals surface area contributed by atoms with Crippen LogP contribution in [0.5, 0.6) is 0 Å². The van der Waals surface area contributed by atoms with Gasteiger partial charge in [0.05, 0.1) is 6.04 Å². The number of carbonyl (C=O) groups excluding carboxylic acids is 1. The zero-order valence-corrected chi connectivity index (χ0v) is 11.7. The SMILES string of the molecule is Cc1ccc(C(C)NC(=O)c2cccc(Br)n2)o1. The van der Waals surface area contributed by atoms with Crippen molar-refractivity contribution in [3.8, 4) is 0 Å². The molecule has 0 aliphatic carbocycles. The Kier molecular flexibility index (Phi) is 3.81. The fourth-order valence-electron chi connectivity index (χ4n) is 1.56. The zero-order valence-electron chi connectivity index (χ0n) is 10.1. The summed E-state index contributed by atoms with van der Waals surface area (Å²) >= 11 is 3.24. The number of furan rings is 1. The molecular weight excluding hydrogens is 296 g/mol. The van der Waals surface area contributed by atoms with Crippen LogP contribution in [0.25, 0.3) is 0 Å². The van der Waals surface area contributed by atoms with Gasteiger partial charge in [-0.1, -0.05) is 6.07 Å². The van der Waals surface area contributed by atoms with Crippen LogP contribution in [0.1, 0.15) is 35.0 Å². The van der Waals surface area contributed by atoms with E-state index in [1.54, 1.807) is 18.2 Å². The minimum atomic E-state index is -0.224. The lowest BCUT2D eigenvalue weighted by atomic mass is 10.2. The van der Waals surface area contributed by atoms with Gasteiger partial charge in [0.15, 0.2) is 0 Å². The van der Waals surface area contributed by atoms with E-state index in [0.717, 1.165) is 11.5 Å². The highest BCUT2D eigenvalue weighted by molar-refractivity contribution is 9.10. The fraction of sp³-hybridized carbons (Fsp3) is 0.231. The van der Waals surface area contributed by atoms with E-state index in [1.165, 1.54) is 0 Å². The second kappa shape index (κ2) is 5.35. The number of hydrogen-bond acceptors (Lipinski definition) is 3. The van der Waals surface area contributed by atoms with Crippen molar-refractivity contribution in [2.24, 2.45) is 0 Å². The molecule has 2 aromatic rings. The van der Waals surface area contributed by atoms with Crippen molar-refractivity contribution in [3.63, 3.8) is 0 Å². The molecule has 1 N–H and O–H groups in total. The molecule has 0 aliphatic rings. The first-order chi connectivity index (χ1) is 8.56. The third-order valence-corrected chi connectivity index (χ3v) is 2.92. The number of rotatable bonds is 3. The third-order valence-electron chi connectivity index (χ3n) is 2.48. The molecule has 2 rings (SSSR count). The van der Waals surface area contributed by atoms with Crippen LogP contribution in [-0.2, 0) is 0 Å². The minimum absolute atomic E-state index is 0.188. The maximum atomic E-state index is 12.0. The Labute approximate surface area is 114 Å². The fourth-order valence-corrected chi connectivity index (χ4v) is 1.91. The van der Waals surface area contributed by atoms with Crippen molar-refractivity contribution < 1.29 is 9.21 Å². The van der Waals surface area contributed by atoms with E-state index in [1.807, 2.05) is 26.0 Å². The number of nitrogens with one attached hydrogen (secondary N) is 1. The van der Waals surface area contributed by atoms with Crippen LogP contribution in [0.4, 0.5) is 0 Å². The van der Waals surface area contributed by atoms with E-state index in [2.05, 4.69) is 26.2 Å². The molecule has 0 aliphatic heterocycles. The predicted octanol–water partition coefficient (Wildman–Crippen LogP) is 3.24. The van der Waals surface area contributed by atoms with Crippen molar-refractivity contribution in [1.82, 2.24) is 10.3 Å². The van der Waals surface area contributed by atoms with E-state index >= 15 is 0 Å². The van der Waals surface area contributed by atoms with Crippen molar-refractivity contribution >= 4 is 21.8 Å². The first-order valence-electron chi connectivity index (χ1n) is 5.56. The van der Waals surface area contributed by atoms with Gasteiger partial charge < -0.3 is 9.73 Å². The number of amides is 1. The van der Waals surface area contributed by atoms with E-state index in [4.69, 9.17) is 4.42 Å². The molecule has 1 unspecified atom stereocenters. The first kappa shape index (κ1) is 12.8. The van der Waals surface area contributed by atoms with Crippen LogP contribution < -0.4 is 5.32 Å². The number of halogens is 1. The summed E-state index contributed by atoms with van der Waals surface area (Å²) in [6.45, 7) is 3.74. The quantitative estimate of drug-likeness (QED) is 0.886. The Morgan fingerprint density at radius 2 is 2.17 bits per heavy atom. The Bertz CT molecular complexity index is 566. The van der Waals surface area contributed by atoms with Crippen molar-refractivity contribution in [2.45, 2.75) is 19.9 Å². The summed E-state index contributed by atoms with van der Waals surface area (Å²) in [5.74, 6) is 1.33. The molecule has 18 heavy (non-hydrogen) atoms. The topological polar surface area (TPSA) is 55.1 Å². The molecule has 0 saturated carbocycles. The van der Waals surface area contributed by atoms with Gasteiger partial charge in [-0.2, -0.15) is 0 Å². The number of aromatic nitrogens is 1. The summed E-state index contributed by atoms with van der Waals surface area (Å²) in [6.07, 6.45) is 0. The maximum absolute atomic E-state index is 12.0. The van der Waals surface area contributed by atoms with Crippen LogP contribution in [0.15, 0.2) is 39.4 Å². The Morgan fingerprint density at radius 3 is 2.78 bits per heavy atom. The molecular formula is C13H13BrN2O2. The molecule has 2 heterocycles. The summed E-state index contributed by atoms with van der Waals surface area (Å²) in [7, 11) is 0. The highest BCUT2D eigenvalue weighted by Crippen LogP contribution is 2.16. The predicted molar refractivity (Wildman–Crippen MR) is 71.3 cm³/mol. The summed E-state index contributed by atoms with van der Waals surface area (Å²) in [5, 5.41) is 2.84. The van der Waals surface area contributed by atoms with Crippen LogP contribution >= 0.6 is 15.9 Å². The lowest BCUT2D eigenvalue weighted by Crippen LogP contribution is -2.27. The van der Waals surface area contributed by atoms with Crippen LogP contribution in [0, 0.1) is 6.92 Å². The van der Waals surface area contributed by atoms with Gasteiger partial charge in [0.25, 0.3) is 5.91 Å². The molecule has 0 bridgehead atoms. The maximum Gasteiger partial charge on any atom is 0.270 e. The number of hydrogen-bond donors (Lipinski definition) is 1. The van der Waals surface area contributed by atoms with Gasteiger partial charge in [0.2, 0.25) is 0 Å². The van der Waals surface area contributed by atoms with Gasteiger partial charge in [-0.15, -0.1) is 0 Å². The average molecular weight is 309 g/mol. The van der Waals surface area contributed by atoms with E-state index < -0.39 is 0 Å². The monoisotopic (exact) mass is 308 g/mol. The van der Waals surface area contributed by atoms with Gasteiger partial charge in [0.1, 0.15) is 21.8 Å². The molecule has 1 atom stereocenters. The highest BCUT2D eigenvalue weighted by Gasteiger charge is 2.14. The van der Waals surface area contributed by atoms with Gasteiger partial charge in [0, 0.05) is 0 Å². The highest BCUT2D eigenvalue weighted by atomic mass is 79.9. The summed E-state index contributed by atoms with van der Waals surface area (Å²) in [6, 6.07) is 8.75. The van der Waals surface area contributed by atoms with Crippen molar-refractivity contribution in [2.75, 3.05) is 0 Å². The summed E-state index contributed by atoms with van der Waals surface area (Å²) < 4.78 is 6.10. The number of carbonyl (C=O) groups is 1. The van der Waals surface area contributed by atoms with Crippen molar-refractivity contribution in [3.05, 3.63) is 52.1 Å². The molecule has 0 saturated heterocycles. The average Bonchev–Trinajstić information content (AvgIpc) is 2.76. The normalized spacial score (nSPS) is 12.2. The van der Waals surface area contributed by atoms with Gasteiger partial charge in [-0.05, 0) is 54.0 Å². The van der Waals surface area contributed by atoms with Crippen LogP contribution in [0.2, 0.25) is 0 Å². The van der Waals surface area contributed by atoms with Gasteiger partial charge >= 0.3 is 0 Å². The number of pyridine rings is 1. The van der Waals surface area contributed by atoms with Crippen molar-refractivity contribution in [1.29, 1.82) is 0 Å². The largest absolute Gasteiger partial charge is 0.464 e. The summed E-state index contributed by atoms with van der Waals surface area (Å²) in [4.78, 5) is 16.1. The lowest BCUT2D eigenvalue weighted by Gasteiger charge is -2.11. The Hall–Kier alpha value is -1.62. The molecule has 1 amide bonds. The van der Waals surface area contributed by atoms with Gasteiger partial charge in [-0.3, -0.25) is 4.79 Å². The minimum Gasteiger partial charge on any atom is -0.464 e. The Balaban J connectivity index is 2.08. The second-order valence-corrected chi connectivity index (χ2v) is 4.80. The second-order valence-electron chi connectivity index (χ2n) is 3.99. The smallest absolute Gasteiger partial charge is 0.270 e.